The van der Waals surface area contributed by atoms with E-state index in [1.54, 1.807) is 24.3 Å². The zero-order valence-corrected chi connectivity index (χ0v) is 18.6. The second kappa shape index (κ2) is 10.9. The summed E-state index contributed by atoms with van der Waals surface area (Å²) in [6.07, 6.45) is -4.40. The summed E-state index contributed by atoms with van der Waals surface area (Å²) in [5, 5.41) is 0.432. The van der Waals surface area contributed by atoms with Gasteiger partial charge in [0.25, 0.3) is 0 Å². The van der Waals surface area contributed by atoms with Crippen LogP contribution in [0.4, 0.5) is 13.2 Å². The number of carbonyl (C=O) groups excluding carboxylic acids is 1. The fraction of sp³-hybridized carbons (Fsp3) is 0.227. The highest BCUT2D eigenvalue weighted by atomic mass is 79.9. The number of hydrogen-bond acceptors (Lipinski definition) is 5. The van der Waals surface area contributed by atoms with Crippen molar-refractivity contribution in [3.63, 3.8) is 0 Å². The van der Waals surface area contributed by atoms with E-state index in [0.717, 1.165) is 12.1 Å². The maximum Gasteiger partial charge on any atom is 0.416 e. The van der Waals surface area contributed by atoms with Gasteiger partial charge in [-0.05, 0) is 54.6 Å². The Morgan fingerprint density at radius 1 is 0.968 bits per heavy atom. The van der Waals surface area contributed by atoms with Crippen molar-refractivity contribution in [3.8, 4) is 22.9 Å². The molecule has 1 heterocycles. The van der Waals surface area contributed by atoms with E-state index < -0.39 is 17.7 Å². The SMILES string of the molecule is CC.COC(=O)c1cc(CBr)nc(-c2ccc(Oc3ccc(C(F)(F)F)cc3)cc2)n1. The lowest BCUT2D eigenvalue weighted by Crippen LogP contribution is -2.07. The van der Waals surface area contributed by atoms with Crippen LogP contribution >= 0.6 is 15.9 Å². The van der Waals surface area contributed by atoms with E-state index in [1.165, 1.54) is 25.3 Å². The van der Waals surface area contributed by atoms with Crippen LogP contribution in [0.5, 0.6) is 11.5 Å². The number of ether oxygens (including phenoxy) is 2. The van der Waals surface area contributed by atoms with Crippen molar-refractivity contribution in [3.05, 3.63) is 71.5 Å². The monoisotopic (exact) mass is 496 g/mol. The summed E-state index contributed by atoms with van der Waals surface area (Å²) >= 11 is 3.30. The first-order valence-electron chi connectivity index (χ1n) is 9.28. The van der Waals surface area contributed by atoms with Gasteiger partial charge in [0.2, 0.25) is 0 Å². The highest BCUT2D eigenvalue weighted by Crippen LogP contribution is 2.31. The Bertz CT molecular complexity index is 1010. The molecule has 164 valence electrons. The molecule has 0 aliphatic rings. The number of carbonyl (C=O) groups is 1. The van der Waals surface area contributed by atoms with Crippen LogP contribution in [-0.2, 0) is 16.2 Å². The average molecular weight is 497 g/mol. The molecule has 31 heavy (non-hydrogen) atoms. The Kier molecular flexibility index (Phi) is 8.56. The third-order valence-electron chi connectivity index (χ3n) is 3.84. The van der Waals surface area contributed by atoms with E-state index in [0.29, 0.717) is 28.2 Å². The van der Waals surface area contributed by atoms with Gasteiger partial charge in [-0.3, -0.25) is 0 Å². The maximum absolute atomic E-state index is 12.6. The van der Waals surface area contributed by atoms with Gasteiger partial charge in [0.05, 0.1) is 18.4 Å². The summed E-state index contributed by atoms with van der Waals surface area (Å²) in [5.74, 6) is 0.469. The van der Waals surface area contributed by atoms with Gasteiger partial charge < -0.3 is 9.47 Å². The molecule has 1 aromatic heterocycles. The second-order valence-electron chi connectivity index (χ2n) is 5.84. The number of aromatic nitrogens is 2. The van der Waals surface area contributed by atoms with Crippen molar-refractivity contribution in [2.24, 2.45) is 0 Å². The third-order valence-corrected chi connectivity index (χ3v) is 4.42. The molecule has 9 heteroatoms. The van der Waals surface area contributed by atoms with Crippen LogP contribution in [0.1, 0.15) is 35.6 Å². The summed E-state index contributed by atoms with van der Waals surface area (Å²) in [5.41, 5.74) is 0.640. The molecule has 2 aromatic carbocycles. The Balaban J connectivity index is 0.00000166. The van der Waals surface area contributed by atoms with Crippen LogP contribution in [0.25, 0.3) is 11.4 Å². The smallest absolute Gasteiger partial charge is 0.416 e. The van der Waals surface area contributed by atoms with E-state index in [4.69, 9.17) is 9.47 Å². The topological polar surface area (TPSA) is 61.3 Å². The number of rotatable bonds is 5. The lowest BCUT2D eigenvalue weighted by Gasteiger charge is -2.10. The Morgan fingerprint density at radius 2 is 1.52 bits per heavy atom. The predicted octanol–water partition coefficient (Wildman–Crippen LogP) is 6.66. The molecule has 0 bridgehead atoms. The van der Waals surface area contributed by atoms with E-state index in [9.17, 15) is 18.0 Å². The molecule has 0 saturated carbocycles. The lowest BCUT2D eigenvalue weighted by atomic mass is 10.2. The maximum atomic E-state index is 12.6. The van der Waals surface area contributed by atoms with Crippen molar-refractivity contribution in [2.75, 3.05) is 7.11 Å². The van der Waals surface area contributed by atoms with Gasteiger partial charge in [0.15, 0.2) is 11.5 Å². The standard InChI is InChI=1S/C20H14BrF3N2O3.C2H6/c1-28-19(27)17-10-14(11-21)25-18(26-17)12-2-6-15(7-3-12)29-16-8-4-13(5-9-16)20(22,23)24;1-2/h2-10H,11H2,1H3;1-2H3. The molecule has 0 saturated heterocycles. The molecule has 0 atom stereocenters. The number of methoxy groups -OCH3 is 1. The lowest BCUT2D eigenvalue weighted by molar-refractivity contribution is -0.137. The fourth-order valence-electron chi connectivity index (χ4n) is 2.42. The molecule has 5 nitrogen and oxygen atoms in total. The number of alkyl halides is 4. The number of hydrogen-bond donors (Lipinski definition) is 0. The third kappa shape index (κ3) is 6.52. The number of nitrogens with zero attached hydrogens (tertiary/aromatic N) is 2. The minimum Gasteiger partial charge on any atom is -0.464 e. The van der Waals surface area contributed by atoms with Gasteiger partial charge >= 0.3 is 12.1 Å². The molecule has 0 amide bonds. The van der Waals surface area contributed by atoms with Gasteiger partial charge in [0.1, 0.15) is 11.5 Å². The van der Waals surface area contributed by atoms with Crippen LogP contribution < -0.4 is 4.74 Å². The molecule has 0 unspecified atom stereocenters. The van der Waals surface area contributed by atoms with Crippen LogP contribution in [0.3, 0.4) is 0 Å². The summed E-state index contributed by atoms with van der Waals surface area (Å²) in [7, 11) is 1.27. The highest BCUT2D eigenvalue weighted by Gasteiger charge is 2.30. The van der Waals surface area contributed by atoms with Gasteiger partial charge in [0, 0.05) is 10.9 Å². The van der Waals surface area contributed by atoms with Gasteiger partial charge in [-0.25, -0.2) is 14.8 Å². The molecule has 0 fully saturated rings. The molecular weight excluding hydrogens is 477 g/mol. The molecule has 0 N–H and O–H groups in total. The van der Waals surface area contributed by atoms with Crippen molar-refractivity contribution >= 4 is 21.9 Å². The first-order chi connectivity index (χ1) is 14.8. The zero-order chi connectivity index (χ0) is 23.0. The van der Waals surface area contributed by atoms with Crippen LogP contribution in [-0.4, -0.2) is 23.0 Å². The first kappa shape index (κ1) is 24.3. The Morgan fingerprint density at radius 3 is 2.00 bits per heavy atom. The molecule has 3 rings (SSSR count). The highest BCUT2D eigenvalue weighted by molar-refractivity contribution is 9.08. The van der Waals surface area contributed by atoms with Crippen molar-refractivity contribution in [1.29, 1.82) is 0 Å². The van der Waals surface area contributed by atoms with Gasteiger partial charge in [-0.1, -0.05) is 29.8 Å². The van der Waals surface area contributed by atoms with Crippen molar-refractivity contribution in [2.45, 2.75) is 25.4 Å². The van der Waals surface area contributed by atoms with Crippen LogP contribution in [0.2, 0.25) is 0 Å². The van der Waals surface area contributed by atoms with Crippen molar-refractivity contribution < 1.29 is 27.4 Å². The average Bonchev–Trinajstić information content (AvgIpc) is 2.79. The molecule has 0 aliphatic heterocycles. The Labute approximate surface area is 186 Å². The summed E-state index contributed by atoms with van der Waals surface area (Å²) < 4.78 is 48.1. The van der Waals surface area contributed by atoms with E-state index >= 15 is 0 Å². The Hall–Kier alpha value is -2.94. The zero-order valence-electron chi connectivity index (χ0n) is 17.0. The van der Waals surface area contributed by atoms with Crippen LogP contribution in [0, 0.1) is 0 Å². The number of esters is 1. The van der Waals surface area contributed by atoms with Crippen LogP contribution in [0.15, 0.2) is 54.6 Å². The van der Waals surface area contributed by atoms with E-state index in [1.807, 2.05) is 13.8 Å². The summed E-state index contributed by atoms with van der Waals surface area (Å²) in [6, 6.07) is 12.6. The van der Waals surface area contributed by atoms with Gasteiger partial charge in [-0.2, -0.15) is 13.2 Å². The summed E-state index contributed by atoms with van der Waals surface area (Å²) in [6.45, 7) is 4.00. The quantitative estimate of drug-likeness (QED) is 0.291. The largest absolute Gasteiger partial charge is 0.464 e. The normalized spacial score (nSPS) is 10.7. The van der Waals surface area contributed by atoms with Gasteiger partial charge in [-0.15, -0.1) is 0 Å². The minimum atomic E-state index is -4.40. The van der Waals surface area contributed by atoms with E-state index in [-0.39, 0.29) is 11.4 Å². The second-order valence-corrected chi connectivity index (χ2v) is 6.40. The van der Waals surface area contributed by atoms with Crippen molar-refractivity contribution in [1.82, 2.24) is 9.97 Å². The first-order valence-corrected chi connectivity index (χ1v) is 10.4. The molecule has 0 spiro atoms. The molecule has 0 radical (unpaired) electrons. The number of benzene rings is 2. The predicted molar refractivity (Wildman–Crippen MR) is 114 cm³/mol. The minimum absolute atomic E-state index is 0.136. The fourth-order valence-corrected chi connectivity index (χ4v) is 2.71. The molecule has 0 aliphatic carbocycles. The molecular formula is C22H20BrF3N2O3. The van der Waals surface area contributed by atoms with E-state index in [2.05, 4.69) is 25.9 Å². The summed E-state index contributed by atoms with van der Waals surface area (Å²) in [4.78, 5) is 20.4. The molecule has 3 aromatic rings. The number of halogens is 4.